The van der Waals surface area contributed by atoms with Crippen LogP contribution in [0.3, 0.4) is 0 Å². The summed E-state index contributed by atoms with van der Waals surface area (Å²) in [5, 5.41) is 4.75. The predicted molar refractivity (Wildman–Crippen MR) is 124 cm³/mol. The van der Waals surface area contributed by atoms with Crippen molar-refractivity contribution in [2.75, 3.05) is 7.05 Å². The minimum atomic E-state index is -3.75. The Morgan fingerprint density at radius 3 is 2.09 bits per heavy atom. The molecule has 162 valence electrons. The first-order valence-corrected chi connectivity index (χ1v) is 11.6. The number of benzene rings is 3. The maximum atomic E-state index is 13.2. The summed E-state index contributed by atoms with van der Waals surface area (Å²) in [6, 6.07) is 25.4. The highest BCUT2D eigenvalue weighted by Gasteiger charge is 2.24. The molecule has 0 aliphatic rings. The molecular weight excluding hydrogens is 422 g/mol. The Morgan fingerprint density at radius 2 is 1.50 bits per heavy atom. The first-order valence-electron chi connectivity index (χ1n) is 10.1. The van der Waals surface area contributed by atoms with Crippen LogP contribution in [0.5, 0.6) is 0 Å². The normalized spacial score (nSPS) is 11.6. The number of rotatable bonds is 7. The Labute approximate surface area is 187 Å². The summed E-state index contributed by atoms with van der Waals surface area (Å²) in [6.45, 7) is 1.60. The lowest BCUT2D eigenvalue weighted by molar-refractivity contribution is 0.101. The van der Waals surface area contributed by atoms with Crippen LogP contribution in [-0.4, -0.2) is 35.3 Å². The van der Waals surface area contributed by atoms with Gasteiger partial charge < -0.3 is 0 Å². The Hall–Kier alpha value is -3.55. The number of carbonyl (C=O) groups is 1. The summed E-state index contributed by atoms with van der Waals surface area (Å²) in [5.41, 5.74) is 3.78. The van der Waals surface area contributed by atoms with Crippen molar-refractivity contribution >= 4 is 15.8 Å². The minimum absolute atomic E-state index is 0.108. The molecule has 0 bridgehead atoms. The highest BCUT2D eigenvalue weighted by Crippen LogP contribution is 2.26. The van der Waals surface area contributed by atoms with Crippen LogP contribution in [-0.2, 0) is 16.6 Å². The molecular formula is C25H23N3O3S. The van der Waals surface area contributed by atoms with Crippen LogP contribution >= 0.6 is 0 Å². The standard InChI is InChI=1S/C25H23N3O3S/c1-19(29)20-13-15-24(16-14-20)32(30,31)27(2)17-22-18-28(23-11-7-4-8-12-23)26-25(22)21-9-5-3-6-10-21/h3-16,18H,17H2,1-2H3. The zero-order valence-corrected chi connectivity index (χ0v) is 18.7. The molecule has 0 aliphatic carbocycles. The van der Waals surface area contributed by atoms with E-state index in [-0.39, 0.29) is 17.2 Å². The van der Waals surface area contributed by atoms with Crippen molar-refractivity contribution in [2.24, 2.45) is 0 Å². The van der Waals surface area contributed by atoms with E-state index in [0.717, 1.165) is 22.5 Å². The lowest BCUT2D eigenvalue weighted by atomic mass is 10.1. The molecule has 0 atom stereocenters. The number of Topliss-reactive ketones (excluding diaryl/α,β-unsaturated/α-hetero) is 1. The van der Waals surface area contributed by atoms with Crippen molar-refractivity contribution in [3.05, 3.63) is 102 Å². The second-order valence-electron chi connectivity index (χ2n) is 7.49. The fraction of sp³-hybridized carbons (Fsp3) is 0.120. The summed E-state index contributed by atoms with van der Waals surface area (Å²) in [6.07, 6.45) is 1.86. The van der Waals surface area contributed by atoms with Gasteiger partial charge in [-0.2, -0.15) is 9.40 Å². The average molecular weight is 446 g/mol. The van der Waals surface area contributed by atoms with Gasteiger partial charge in [0.25, 0.3) is 0 Å². The number of nitrogens with zero attached hydrogens (tertiary/aromatic N) is 3. The zero-order valence-electron chi connectivity index (χ0n) is 17.8. The number of aromatic nitrogens is 2. The predicted octanol–water partition coefficient (Wildman–Crippen LogP) is 4.56. The van der Waals surface area contributed by atoms with E-state index in [1.807, 2.05) is 66.9 Å². The number of carbonyl (C=O) groups excluding carboxylic acids is 1. The average Bonchev–Trinajstić information content (AvgIpc) is 3.24. The van der Waals surface area contributed by atoms with Crippen LogP contribution in [0, 0.1) is 0 Å². The van der Waals surface area contributed by atoms with Crippen molar-refractivity contribution in [1.82, 2.24) is 14.1 Å². The third-order valence-electron chi connectivity index (χ3n) is 5.22. The van der Waals surface area contributed by atoms with E-state index in [1.165, 1.54) is 35.5 Å². The molecule has 0 aliphatic heterocycles. The molecule has 0 unspecified atom stereocenters. The van der Waals surface area contributed by atoms with Crippen molar-refractivity contribution in [1.29, 1.82) is 0 Å². The van der Waals surface area contributed by atoms with E-state index in [9.17, 15) is 13.2 Å². The fourth-order valence-corrected chi connectivity index (χ4v) is 4.59. The highest BCUT2D eigenvalue weighted by atomic mass is 32.2. The summed E-state index contributed by atoms with van der Waals surface area (Å²) in [4.78, 5) is 11.6. The summed E-state index contributed by atoms with van der Waals surface area (Å²) in [5.74, 6) is -0.108. The van der Waals surface area contributed by atoms with E-state index >= 15 is 0 Å². The maximum absolute atomic E-state index is 13.2. The van der Waals surface area contributed by atoms with Crippen molar-refractivity contribution in [3.63, 3.8) is 0 Å². The molecule has 0 spiro atoms. The van der Waals surface area contributed by atoms with Gasteiger partial charge in [-0.15, -0.1) is 0 Å². The third kappa shape index (κ3) is 4.39. The lowest BCUT2D eigenvalue weighted by Gasteiger charge is -2.17. The Morgan fingerprint density at radius 1 is 0.906 bits per heavy atom. The molecule has 7 heteroatoms. The Bertz CT molecular complexity index is 1330. The largest absolute Gasteiger partial charge is 0.295 e. The molecule has 0 radical (unpaired) electrons. The summed E-state index contributed by atoms with van der Waals surface area (Å²) in [7, 11) is -2.20. The quantitative estimate of drug-likeness (QED) is 0.391. The van der Waals surface area contributed by atoms with Gasteiger partial charge in [0.15, 0.2) is 5.78 Å². The third-order valence-corrected chi connectivity index (χ3v) is 7.04. The zero-order chi connectivity index (χ0) is 22.7. The molecule has 6 nitrogen and oxygen atoms in total. The Kier molecular flexibility index (Phi) is 6.03. The first kappa shape index (κ1) is 21.7. The van der Waals surface area contributed by atoms with Crippen molar-refractivity contribution in [2.45, 2.75) is 18.4 Å². The first-order chi connectivity index (χ1) is 15.4. The molecule has 0 saturated carbocycles. The Balaban J connectivity index is 1.69. The lowest BCUT2D eigenvalue weighted by Crippen LogP contribution is -2.26. The van der Waals surface area contributed by atoms with Crippen molar-refractivity contribution in [3.8, 4) is 16.9 Å². The highest BCUT2D eigenvalue weighted by molar-refractivity contribution is 7.89. The number of hydrogen-bond donors (Lipinski definition) is 0. The molecule has 1 heterocycles. The monoisotopic (exact) mass is 445 g/mol. The molecule has 0 saturated heterocycles. The molecule has 3 aromatic carbocycles. The van der Waals surface area contributed by atoms with Gasteiger partial charge in [-0.25, -0.2) is 13.1 Å². The molecule has 0 N–H and O–H groups in total. The van der Waals surface area contributed by atoms with E-state index in [1.54, 1.807) is 11.7 Å². The molecule has 32 heavy (non-hydrogen) atoms. The van der Waals surface area contributed by atoms with E-state index in [4.69, 9.17) is 5.10 Å². The molecule has 4 rings (SSSR count). The molecule has 4 aromatic rings. The second kappa shape index (κ2) is 8.90. The van der Waals surface area contributed by atoms with E-state index in [2.05, 4.69) is 0 Å². The summed E-state index contributed by atoms with van der Waals surface area (Å²) < 4.78 is 29.4. The molecule has 1 aromatic heterocycles. The molecule has 0 amide bonds. The second-order valence-corrected chi connectivity index (χ2v) is 9.54. The van der Waals surface area contributed by atoms with Gasteiger partial charge in [-0.05, 0) is 31.2 Å². The van der Waals surface area contributed by atoms with Crippen LogP contribution in [0.1, 0.15) is 22.8 Å². The number of sulfonamides is 1. The van der Waals surface area contributed by atoms with Crippen LogP contribution in [0.15, 0.2) is 96.0 Å². The van der Waals surface area contributed by atoms with Gasteiger partial charge in [0.2, 0.25) is 10.0 Å². The number of para-hydroxylation sites is 1. The van der Waals surface area contributed by atoms with E-state index < -0.39 is 10.0 Å². The minimum Gasteiger partial charge on any atom is -0.295 e. The van der Waals surface area contributed by atoms with Crippen LogP contribution in [0.4, 0.5) is 0 Å². The van der Waals surface area contributed by atoms with Gasteiger partial charge in [0.1, 0.15) is 0 Å². The topological polar surface area (TPSA) is 72.3 Å². The van der Waals surface area contributed by atoms with E-state index in [0.29, 0.717) is 5.56 Å². The molecule has 0 fully saturated rings. The fourth-order valence-electron chi connectivity index (χ4n) is 3.44. The smallest absolute Gasteiger partial charge is 0.243 e. The van der Waals surface area contributed by atoms with Gasteiger partial charge in [0, 0.05) is 36.5 Å². The SMILES string of the molecule is CC(=O)c1ccc(S(=O)(=O)N(C)Cc2cn(-c3ccccc3)nc2-c2ccccc2)cc1. The van der Waals surface area contributed by atoms with Gasteiger partial charge in [-0.3, -0.25) is 4.79 Å². The van der Waals surface area contributed by atoms with Gasteiger partial charge >= 0.3 is 0 Å². The number of ketones is 1. The van der Waals surface area contributed by atoms with Crippen LogP contribution in [0.2, 0.25) is 0 Å². The van der Waals surface area contributed by atoms with Gasteiger partial charge in [-0.1, -0.05) is 60.7 Å². The van der Waals surface area contributed by atoms with Crippen LogP contribution < -0.4 is 0 Å². The van der Waals surface area contributed by atoms with Crippen molar-refractivity contribution < 1.29 is 13.2 Å². The summed E-state index contributed by atoms with van der Waals surface area (Å²) >= 11 is 0. The van der Waals surface area contributed by atoms with Crippen LogP contribution in [0.25, 0.3) is 16.9 Å². The number of hydrogen-bond acceptors (Lipinski definition) is 4. The van der Waals surface area contributed by atoms with Gasteiger partial charge in [0.05, 0.1) is 16.3 Å². The maximum Gasteiger partial charge on any atom is 0.243 e.